The second-order valence-electron chi connectivity index (χ2n) is 3.94. The van der Waals surface area contributed by atoms with E-state index < -0.39 is 0 Å². The maximum absolute atomic E-state index is 5.71. The van der Waals surface area contributed by atoms with Crippen LogP contribution in [0.15, 0.2) is 34.9 Å². The number of rotatable bonds is 1. The molecule has 0 unspecified atom stereocenters. The van der Waals surface area contributed by atoms with Crippen molar-refractivity contribution in [3.63, 3.8) is 0 Å². The fraction of sp³-hybridized carbons (Fsp3) is 0.0833. The van der Waals surface area contributed by atoms with E-state index in [2.05, 4.69) is 32.1 Å². The number of nitrogens with zero attached hydrogens (tertiary/aromatic N) is 2. The van der Waals surface area contributed by atoms with Crippen molar-refractivity contribution in [3.8, 4) is 11.3 Å². The number of nitrogens with one attached hydrogen (secondary N) is 1. The summed E-state index contributed by atoms with van der Waals surface area (Å²) in [6.45, 7) is 0. The van der Waals surface area contributed by atoms with E-state index in [0.717, 1.165) is 26.6 Å². The van der Waals surface area contributed by atoms with Crippen LogP contribution in [0.4, 0.5) is 5.82 Å². The number of aryl methyl sites for hydroxylation is 1. The van der Waals surface area contributed by atoms with Crippen LogP contribution in [0.1, 0.15) is 0 Å². The SMILES string of the molecule is Cn1nc(N)cc1-c1c[nH]c2c(Br)cccc12. The van der Waals surface area contributed by atoms with Crippen LogP contribution in [0, 0.1) is 0 Å². The van der Waals surface area contributed by atoms with E-state index in [1.807, 2.05) is 31.4 Å². The van der Waals surface area contributed by atoms with Crippen LogP contribution in [-0.4, -0.2) is 14.8 Å². The fourth-order valence-electron chi connectivity index (χ4n) is 2.07. The molecular formula is C12H11BrN4. The highest BCUT2D eigenvalue weighted by Gasteiger charge is 2.11. The minimum Gasteiger partial charge on any atom is -0.382 e. The van der Waals surface area contributed by atoms with Gasteiger partial charge in [-0.15, -0.1) is 0 Å². The molecule has 0 aliphatic carbocycles. The average Bonchev–Trinajstić information content (AvgIpc) is 2.83. The number of hydrogen-bond acceptors (Lipinski definition) is 2. The first-order valence-corrected chi connectivity index (χ1v) is 6.01. The van der Waals surface area contributed by atoms with E-state index in [0.29, 0.717) is 5.82 Å². The number of para-hydroxylation sites is 1. The molecule has 1 aromatic carbocycles. The molecule has 0 saturated heterocycles. The first-order chi connectivity index (χ1) is 8.16. The Bertz CT molecular complexity index is 696. The fourth-order valence-corrected chi connectivity index (χ4v) is 2.55. The van der Waals surface area contributed by atoms with Crippen molar-refractivity contribution >= 4 is 32.7 Å². The molecular weight excluding hydrogens is 280 g/mol. The van der Waals surface area contributed by atoms with Crippen LogP contribution >= 0.6 is 15.9 Å². The number of benzene rings is 1. The van der Waals surface area contributed by atoms with E-state index in [9.17, 15) is 0 Å². The van der Waals surface area contributed by atoms with Crippen LogP contribution in [0.3, 0.4) is 0 Å². The molecule has 17 heavy (non-hydrogen) atoms. The summed E-state index contributed by atoms with van der Waals surface area (Å²) < 4.78 is 2.84. The van der Waals surface area contributed by atoms with Crippen LogP contribution in [-0.2, 0) is 7.05 Å². The van der Waals surface area contributed by atoms with Gasteiger partial charge in [-0.3, -0.25) is 4.68 Å². The van der Waals surface area contributed by atoms with Crippen LogP contribution in [0.25, 0.3) is 22.2 Å². The first kappa shape index (κ1) is 10.4. The zero-order valence-electron chi connectivity index (χ0n) is 9.24. The smallest absolute Gasteiger partial charge is 0.146 e. The number of anilines is 1. The number of H-pyrrole nitrogens is 1. The maximum atomic E-state index is 5.71. The third kappa shape index (κ3) is 1.54. The summed E-state index contributed by atoms with van der Waals surface area (Å²) in [6, 6.07) is 7.99. The molecule has 3 rings (SSSR count). The molecule has 0 fully saturated rings. The van der Waals surface area contributed by atoms with Crippen molar-refractivity contribution in [2.24, 2.45) is 7.05 Å². The predicted octanol–water partition coefficient (Wildman–Crippen LogP) is 2.91. The van der Waals surface area contributed by atoms with E-state index in [1.165, 1.54) is 0 Å². The van der Waals surface area contributed by atoms with Gasteiger partial charge < -0.3 is 10.7 Å². The van der Waals surface area contributed by atoms with Crippen molar-refractivity contribution in [3.05, 3.63) is 34.9 Å². The average molecular weight is 291 g/mol. The van der Waals surface area contributed by atoms with Gasteiger partial charge in [-0.2, -0.15) is 5.10 Å². The Labute approximate surface area is 107 Å². The number of aromatic amines is 1. The first-order valence-electron chi connectivity index (χ1n) is 5.22. The van der Waals surface area contributed by atoms with Crippen molar-refractivity contribution in [2.75, 3.05) is 5.73 Å². The standard InChI is InChI=1S/C12H11BrN4/c1-17-10(5-11(14)16-17)8-6-15-12-7(8)3-2-4-9(12)13/h2-6,15H,1H3,(H2,14,16). The molecule has 3 N–H and O–H groups in total. The third-order valence-electron chi connectivity index (χ3n) is 2.84. The summed E-state index contributed by atoms with van der Waals surface area (Å²) in [5.41, 5.74) is 8.90. The lowest BCUT2D eigenvalue weighted by molar-refractivity contribution is 0.781. The Kier molecular flexibility index (Phi) is 2.22. The predicted molar refractivity (Wildman–Crippen MR) is 72.6 cm³/mol. The Morgan fingerprint density at radius 1 is 1.41 bits per heavy atom. The Morgan fingerprint density at radius 2 is 2.24 bits per heavy atom. The quantitative estimate of drug-likeness (QED) is 0.724. The van der Waals surface area contributed by atoms with Gasteiger partial charge in [0.05, 0.1) is 11.2 Å². The van der Waals surface area contributed by atoms with Gasteiger partial charge >= 0.3 is 0 Å². The van der Waals surface area contributed by atoms with Gasteiger partial charge in [0.2, 0.25) is 0 Å². The molecule has 2 aromatic heterocycles. The van der Waals surface area contributed by atoms with E-state index in [4.69, 9.17) is 5.73 Å². The van der Waals surface area contributed by atoms with Crippen LogP contribution in [0.2, 0.25) is 0 Å². The van der Waals surface area contributed by atoms with Crippen molar-refractivity contribution in [1.82, 2.24) is 14.8 Å². The van der Waals surface area contributed by atoms with Gasteiger partial charge in [0, 0.05) is 34.7 Å². The third-order valence-corrected chi connectivity index (χ3v) is 3.50. The molecule has 0 bridgehead atoms. The molecule has 86 valence electrons. The van der Waals surface area contributed by atoms with Gasteiger partial charge in [0.15, 0.2) is 0 Å². The lowest BCUT2D eigenvalue weighted by atomic mass is 10.1. The second-order valence-corrected chi connectivity index (χ2v) is 4.80. The molecule has 4 nitrogen and oxygen atoms in total. The van der Waals surface area contributed by atoms with Crippen LogP contribution in [0.5, 0.6) is 0 Å². The van der Waals surface area contributed by atoms with Crippen LogP contribution < -0.4 is 5.73 Å². The Morgan fingerprint density at radius 3 is 2.94 bits per heavy atom. The molecule has 0 aliphatic heterocycles. The van der Waals surface area contributed by atoms with Gasteiger partial charge in [-0.1, -0.05) is 12.1 Å². The minimum atomic E-state index is 0.534. The highest BCUT2D eigenvalue weighted by molar-refractivity contribution is 9.10. The molecule has 3 aromatic rings. The summed E-state index contributed by atoms with van der Waals surface area (Å²) in [4.78, 5) is 3.26. The van der Waals surface area contributed by atoms with Gasteiger partial charge in [-0.25, -0.2) is 0 Å². The number of nitrogens with two attached hydrogens (primary N) is 1. The summed E-state index contributed by atoms with van der Waals surface area (Å²) >= 11 is 3.53. The van der Waals surface area contributed by atoms with Crippen molar-refractivity contribution in [1.29, 1.82) is 0 Å². The highest BCUT2D eigenvalue weighted by atomic mass is 79.9. The Balaban J connectivity index is 2.32. The zero-order valence-corrected chi connectivity index (χ0v) is 10.8. The molecule has 0 radical (unpaired) electrons. The lowest BCUT2D eigenvalue weighted by Gasteiger charge is -2.00. The Hall–Kier alpha value is -1.75. The molecule has 2 heterocycles. The normalized spacial score (nSPS) is 11.2. The topological polar surface area (TPSA) is 59.6 Å². The molecule has 0 saturated carbocycles. The minimum absolute atomic E-state index is 0.534. The number of nitrogen functional groups attached to an aromatic ring is 1. The molecule has 0 atom stereocenters. The number of fused-ring (bicyclic) bond motifs is 1. The molecule has 0 aliphatic rings. The summed E-state index contributed by atoms with van der Waals surface area (Å²) in [7, 11) is 1.89. The highest BCUT2D eigenvalue weighted by Crippen LogP contribution is 2.32. The lowest BCUT2D eigenvalue weighted by Crippen LogP contribution is -1.94. The zero-order chi connectivity index (χ0) is 12.0. The number of hydrogen-bond donors (Lipinski definition) is 2. The van der Waals surface area contributed by atoms with Crippen molar-refractivity contribution < 1.29 is 0 Å². The van der Waals surface area contributed by atoms with Crippen molar-refractivity contribution in [2.45, 2.75) is 0 Å². The maximum Gasteiger partial charge on any atom is 0.146 e. The van der Waals surface area contributed by atoms with E-state index >= 15 is 0 Å². The van der Waals surface area contributed by atoms with E-state index in [1.54, 1.807) is 4.68 Å². The van der Waals surface area contributed by atoms with Gasteiger partial charge in [0.25, 0.3) is 0 Å². The second kappa shape index (κ2) is 3.63. The summed E-state index contributed by atoms with van der Waals surface area (Å²) in [6.07, 6.45) is 1.98. The summed E-state index contributed by atoms with van der Waals surface area (Å²) in [5, 5.41) is 5.32. The molecule has 5 heteroatoms. The monoisotopic (exact) mass is 290 g/mol. The summed E-state index contributed by atoms with van der Waals surface area (Å²) in [5.74, 6) is 0.534. The molecule has 0 spiro atoms. The van der Waals surface area contributed by atoms with Gasteiger partial charge in [-0.05, 0) is 22.0 Å². The number of aromatic nitrogens is 3. The largest absolute Gasteiger partial charge is 0.382 e. The van der Waals surface area contributed by atoms with Gasteiger partial charge in [0.1, 0.15) is 5.82 Å². The number of halogens is 1. The molecule has 0 amide bonds. The van der Waals surface area contributed by atoms with E-state index in [-0.39, 0.29) is 0 Å².